The van der Waals surface area contributed by atoms with E-state index in [1.54, 1.807) is 42.3 Å². The number of benzene rings is 1. The number of thioether (sulfide) groups is 1. The van der Waals surface area contributed by atoms with Gasteiger partial charge in [0, 0.05) is 18.7 Å². The van der Waals surface area contributed by atoms with Crippen molar-refractivity contribution in [1.29, 1.82) is 0 Å². The molecule has 0 atom stereocenters. The summed E-state index contributed by atoms with van der Waals surface area (Å²) in [5, 5.41) is 2.90. The van der Waals surface area contributed by atoms with Crippen LogP contribution in [0.3, 0.4) is 0 Å². The Kier molecular flexibility index (Phi) is 6.84. The quantitative estimate of drug-likeness (QED) is 0.678. The van der Waals surface area contributed by atoms with Gasteiger partial charge in [-0.3, -0.25) is 9.10 Å². The van der Waals surface area contributed by atoms with Gasteiger partial charge in [-0.1, -0.05) is 6.07 Å². The average molecular weight is 409 g/mol. The molecule has 1 aromatic heterocycles. The molecule has 1 aliphatic rings. The topological polar surface area (TPSA) is 79.6 Å². The molecule has 0 spiro atoms. The van der Waals surface area contributed by atoms with Gasteiger partial charge in [0.05, 0.1) is 23.5 Å². The van der Waals surface area contributed by atoms with Crippen molar-refractivity contribution in [3.05, 3.63) is 54.0 Å². The van der Waals surface area contributed by atoms with Crippen LogP contribution in [-0.2, 0) is 15.8 Å². The molecule has 6 nitrogen and oxygen atoms in total. The molecule has 1 amide bonds. The number of carbonyl (C=O) groups is 1. The molecule has 1 aliphatic heterocycles. The van der Waals surface area contributed by atoms with Gasteiger partial charge < -0.3 is 9.73 Å². The van der Waals surface area contributed by atoms with Crippen LogP contribution < -0.4 is 9.62 Å². The second-order valence-corrected chi connectivity index (χ2v) is 9.51. The van der Waals surface area contributed by atoms with Crippen LogP contribution in [-0.4, -0.2) is 38.9 Å². The van der Waals surface area contributed by atoms with E-state index in [0.717, 1.165) is 30.1 Å². The Morgan fingerprint density at radius 3 is 2.89 bits per heavy atom. The maximum Gasteiger partial charge on any atom is 0.251 e. The van der Waals surface area contributed by atoms with Gasteiger partial charge in [-0.2, -0.15) is 11.8 Å². The molecule has 0 radical (unpaired) electrons. The summed E-state index contributed by atoms with van der Waals surface area (Å²) >= 11 is 1.76. The zero-order valence-electron chi connectivity index (χ0n) is 15.1. The number of hydrogen-bond acceptors (Lipinski definition) is 5. The SMILES string of the molecule is O=C(NCCCSCc1ccco1)c1cccc(N2CCCCS2(=O)=O)c1. The van der Waals surface area contributed by atoms with Crippen molar-refractivity contribution in [3.8, 4) is 0 Å². The van der Waals surface area contributed by atoms with Gasteiger partial charge in [-0.25, -0.2) is 8.42 Å². The number of nitrogens with one attached hydrogen (secondary N) is 1. The minimum atomic E-state index is -3.27. The summed E-state index contributed by atoms with van der Waals surface area (Å²) in [5.74, 6) is 2.69. The number of rotatable bonds is 8. The molecule has 1 aromatic carbocycles. The minimum absolute atomic E-state index is 0.166. The highest BCUT2D eigenvalue weighted by Crippen LogP contribution is 2.24. The first-order chi connectivity index (χ1) is 13.1. The summed E-state index contributed by atoms with van der Waals surface area (Å²) in [4.78, 5) is 12.4. The molecular weight excluding hydrogens is 384 g/mol. The molecule has 0 bridgehead atoms. The van der Waals surface area contributed by atoms with Crippen LogP contribution in [0, 0.1) is 0 Å². The zero-order valence-corrected chi connectivity index (χ0v) is 16.7. The normalized spacial score (nSPS) is 16.2. The van der Waals surface area contributed by atoms with Gasteiger partial charge in [-0.15, -0.1) is 0 Å². The van der Waals surface area contributed by atoms with Crippen molar-refractivity contribution < 1.29 is 17.6 Å². The molecule has 2 aromatic rings. The summed E-state index contributed by atoms with van der Waals surface area (Å²) in [5.41, 5.74) is 1.05. The molecule has 146 valence electrons. The van der Waals surface area contributed by atoms with E-state index < -0.39 is 10.0 Å². The fourth-order valence-electron chi connectivity index (χ4n) is 2.93. The van der Waals surface area contributed by atoms with E-state index >= 15 is 0 Å². The summed E-state index contributed by atoms with van der Waals surface area (Å²) in [6.45, 7) is 1.05. The monoisotopic (exact) mass is 408 g/mol. The maximum atomic E-state index is 12.4. The average Bonchev–Trinajstić information content (AvgIpc) is 3.17. The van der Waals surface area contributed by atoms with Crippen molar-refractivity contribution in [1.82, 2.24) is 5.32 Å². The Morgan fingerprint density at radius 2 is 2.11 bits per heavy atom. The molecule has 8 heteroatoms. The van der Waals surface area contributed by atoms with E-state index in [9.17, 15) is 13.2 Å². The van der Waals surface area contributed by atoms with E-state index in [4.69, 9.17) is 4.42 Å². The van der Waals surface area contributed by atoms with E-state index in [2.05, 4.69) is 5.32 Å². The Balaban J connectivity index is 1.47. The van der Waals surface area contributed by atoms with Crippen LogP contribution in [0.2, 0.25) is 0 Å². The summed E-state index contributed by atoms with van der Waals surface area (Å²) in [6, 6.07) is 10.7. The predicted molar refractivity (Wildman–Crippen MR) is 109 cm³/mol. The van der Waals surface area contributed by atoms with Gasteiger partial charge in [0.1, 0.15) is 5.76 Å². The molecule has 0 saturated carbocycles. The molecule has 27 heavy (non-hydrogen) atoms. The van der Waals surface area contributed by atoms with Crippen LogP contribution in [0.1, 0.15) is 35.4 Å². The van der Waals surface area contributed by atoms with Crippen molar-refractivity contribution >= 4 is 33.4 Å². The molecule has 3 rings (SSSR count). The highest BCUT2D eigenvalue weighted by atomic mass is 32.2. The number of anilines is 1. The van der Waals surface area contributed by atoms with Crippen LogP contribution in [0.4, 0.5) is 5.69 Å². The van der Waals surface area contributed by atoms with Crippen LogP contribution in [0.5, 0.6) is 0 Å². The standard InChI is InChI=1S/C19H24N2O4S2/c22-19(20-9-5-12-26-15-18-8-4-11-25-18)16-6-3-7-17(14-16)21-10-1-2-13-27(21,23)24/h3-4,6-8,11,14H,1-2,5,9-10,12-13,15H2,(H,20,22). The predicted octanol–water partition coefficient (Wildman–Crippen LogP) is 3.26. The van der Waals surface area contributed by atoms with Crippen molar-refractivity contribution in [2.45, 2.75) is 25.0 Å². The zero-order chi connectivity index (χ0) is 19.1. The van der Waals surface area contributed by atoms with Crippen LogP contribution >= 0.6 is 11.8 Å². The lowest BCUT2D eigenvalue weighted by atomic mass is 10.2. The van der Waals surface area contributed by atoms with E-state index in [-0.39, 0.29) is 11.7 Å². The molecule has 1 N–H and O–H groups in total. The number of amides is 1. The molecule has 1 saturated heterocycles. The molecular formula is C19H24N2O4S2. The summed E-state index contributed by atoms with van der Waals surface area (Å²) in [6.07, 6.45) is 4.05. The van der Waals surface area contributed by atoms with Crippen molar-refractivity contribution in [2.24, 2.45) is 0 Å². The molecule has 1 fully saturated rings. The fraction of sp³-hybridized carbons (Fsp3) is 0.421. The third kappa shape index (κ3) is 5.52. The van der Waals surface area contributed by atoms with E-state index in [1.807, 2.05) is 12.1 Å². The number of nitrogens with zero attached hydrogens (tertiary/aromatic N) is 1. The largest absolute Gasteiger partial charge is 0.468 e. The minimum Gasteiger partial charge on any atom is -0.468 e. The smallest absolute Gasteiger partial charge is 0.251 e. The lowest BCUT2D eigenvalue weighted by molar-refractivity contribution is 0.0954. The summed E-state index contributed by atoms with van der Waals surface area (Å²) in [7, 11) is -3.27. The maximum absolute atomic E-state index is 12.4. The highest BCUT2D eigenvalue weighted by Gasteiger charge is 2.26. The first-order valence-electron chi connectivity index (χ1n) is 9.05. The van der Waals surface area contributed by atoms with Crippen LogP contribution in [0.25, 0.3) is 0 Å². The second kappa shape index (κ2) is 9.32. The summed E-state index contributed by atoms with van der Waals surface area (Å²) < 4.78 is 31.2. The molecule has 2 heterocycles. The third-order valence-corrected chi connectivity index (χ3v) is 7.26. The number of hydrogen-bond donors (Lipinski definition) is 1. The van der Waals surface area contributed by atoms with Crippen LogP contribution in [0.15, 0.2) is 47.1 Å². The van der Waals surface area contributed by atoms with Gasteiger partial charge in [-0.05, 0) is 55.3 Å². The Hall–Kier alpha value is -1.93. The number of sulfonamides is 1. The number of furan rings is 1. The van der Waals surface area contributed by atoms with Crippen molar-refractivity contribution in [3.63, 3.8) is 0 Å². The van der Waals surface area contributed by atoms with E-state index in [1.165, 1.54) is 4.31 Å². The first kappa shape index (κ1) is 19.8. The van der Waals surface area contributed by atoms with Gasteiger partial charge in [0.15, 0.2) is 0 Å². The van der Waals surface area contributed by atoms with Gasteiger partial charge >= 0.3 is 0 Å². The Bertz CT molecular complexity index is 850. The first-order valence-corrected chi connectivity index (χ1v) is 11.8. The second-order valence-electron chi connectivity index (χ2n) is 6.39. The fourth-order valence-corrected chi connectivity index (χ4v) is 5.42. The lowest BCUT2D eigenvalue weighted by Crippen LogP contribution is -2.38. The number of carbonyl (C=O) groups excluding carboxylic acids is 1. The molecule has 0 aliphatic carbocycles. The Morgan fingerprint density at radius 1 is 1.22 bits per heavy atom. The van der Waals surface area contributed by atoms with E-state index in [0.29, 0.717) is 30.8 Å². The Labute approximate surface area is 164 Å². The van der Waals surface area contributed by atoms with Gasteiger partial charge in [0.2, 0.25) is 10.0 Å². The van der Waals surface area contributed by atoms with Gasteiger partial charge in [0.25, 0.3) is 5.91 Å². The lowest BCUT2D eigenvalue weighted by Gasteiger charge is -2.28. The third-order valence-electron chi connectivity index (χ3n) is 4.32. The molecule has 0 unspecified atom stereocenters. The highest BCUT2D eigenvalue weighted by molar-refractivity contribution is 7.98. The van der Waals surface area contributed by atoms with Crippen molar-refractivity contribution in [2.75, 3.05) is 28.9 Å².